The minimum atomic E-state index is -1.08. The Labute approximate surface area is 609 Å². The van der Waals surface area contributed by atoms with Crippen LogP contribution >= 0.6 is 23.2 Å². The molecule has 17 heteroatoms. The zero-order valence-electron chi connectivity index (χ0n) is 62.0. The molecule has 0 unspecified atom stereocenters. The summed E-state index contributed by atoms with van der Waals surface area (Å²) >= 11 is 10.6. The van der Waals surface area contributed by atoms with Crippen LogP contribution in [0.15, 0.2) is 170 Å². The topological polar surface area (TPSA) is 145 Å². The molecule has 93 heavy (non-hydrogen) atoms. The molecular weight excluding hydrogens is 1260 g/mol. The molecule has 0 bridgehead atoms. The Morgan fingerprint density at radius 2 is 0.656 bits per heavy atom. The van der Waals surface area contributed by atoms with Crippen molar-refractivity contribution in [3.63, 3.8) is 0 Å². The number of carbonyl (C=O) groups is 3. The Morgan fingerprint density at radius 1 is 0.430 bits per heavy atom. The van der Waals surface area contributed by atoms with E-state index in [9.17, 15) is 19.5 Å². The molecule has 0 atom stereocenters. The van der Waals surface area contributed by atoms with Gasteiger partial charge in [0.15, 0.2) is 5.60 Å². The van der Waals surface area contributed by atoms with Crippen molar-refractivity contribution >= 4 is 86.5 Å². The smallest absolute Gasteiger partial charge is 1.00 e. The molecule has 0 spiro atoms. The van der Waals surface area contributed by atoms with E-state index in [4.69, 9.17) is 56.4 Å². The second kappa shape index (κ2) is 40.9. The standard InChI is InChI=1S/C26H34O4.C22H30O3.C10H13ClO.C10H13O.C4H5ClO.C4H8O2.ClH.2Mg.2H/c1-18(2)23(27)30-26(9,19-10-14-21(15-11-19)28-24(3,4)5)20-12-16-22(17-13-20)29-25(6,7)8;1-20(2,3)24-18-12-8-16(9-13-18)22(7,23)17-10-14-19(15-11-17)25-21(4,5)6;1-10(2,3)12-9-6-4-8(11)5-7-9;1-10(2,3)11-9-7-5-4-6-8-9;1-3(2)4(5)6;1-3-6-4(2)5;;;;;/h10-17H,1H2,2-9H3;8-15,23H,1-7H3;4-7H,1-3H3;5-8H,1-3H3;1H2,2H3;3H2,1-2H3;1H;;;;/q;;;-1;;;;2*+2;2*-1/p-1. The first kappa shape index (κ1) is 91.8. The van der Waals surface area contributed by atoms with Gasteiger partial charge in [-0.3, -0.25) is 9.59 Å². The van der Waals surface area contributed by atoms with Gasteiger partial charge in [0.2, 0.25) is 5.24 Å². The molecule has 0 radical (unpaired) electrons. The zero-order valence-corrected chi connectivity index (χ0v) is 65.1. The number of ether oxygens (including phenoxy) is 8. The molecule has 6 aromatic carbocycles. The van der Waals surface area contributed by atoms with Crippen LogP contribution in [0.25, 0.3) is 0 Å². The summed E-state index contributed by atoms with van der Waals surface area (Å²) in [5.74, 6) is 4.20. The van der Waals surface area contributed by atoms with Gasteiger partial charge in [0.05, 0.1) is 12.2 Å². The van der Waals surface area contributed by atoms with Gasteiger partial charge in [0.25, 0.3) is 0 Å². The fraction of sp³-hybridized carbons (Fsp3) is 0.434. The average Bonchev–Trinajstić information content (AvgIpc) is 0.796. The number of benzene rings is 6. The van der Waals surface area contributed by atoms with Crippen molar-refractivity contribution < 1.29 is 72.6 Å². The van der Waals surface area contributed by atoms with E-state index in [1.54, 1.807) is 27.7 Å². The van der Waals surface area contributed by atoms with Crippen LogP contribution in [0, 0.1) is 6.07 Å². The first-order chi connectivity index (χ1) is 41.0. The van der Waals surface area contributed by atoms with Gasteiger partial charge in [-0.2, -0.15) is 18.2 Å². The van der Waals surface area contributed by atoms with Crippen LogP contribution < -0.4 is 40.8 Å². The molecule has 6 rings (SSSR count). The average molecular weight is 1370 g/mol. The maximum absolute atomic E-state index is 12.4. The van der Waals surface area contributed by atoms with E-state index in [1.165, 1.54) is 6.92 Å². The number of allylic oxidation sites excluding steroid dienone is 1. The van der Waals surface area contributed by atoms with Crippen molar-refractivity contribution in [2.75, 3.05) is 6.61 Å². The maximum atomic E-state index is 12.4. The molecule has 506 valence electrons. The molecular formula is C76H105Cl3Mg2O12. The molecule has 12 nitrogen and oxygen atoms in total. The third-order valence-electron chi connectivity index (χ3n) is 11.0. The SMILES string of the molecule is C=C(C)C(=O)Cl.C=C(C)C(=O)OC(C)(c1ccc(OC(C)(C)C)cc1)c1ccc(OC(C)(C)C)cc1.CC(C)(C)Oc1cc[c-]cc1.CC(C)(C)Oc1ccc(C(C)(O)c2ccc(OC(C)(C)C)cc2)cc1.CC(C)(C)Oc1ccc(Cl)cc1.CCOC(C)=O.[Cl-].[H-].[H-].[Mg+2].[Mg+2]. The van der Waals surface area contributed by atoms with Crippen LogP contribution in [0.1, 0.15) is 191 Å². The molecule has 0 fully saturated rings. The van der Waals surface area contributed by atoms with Crippen LogP contribution in [-0.2, 0) is 35.1 Å². The maximum Gasteiger partial charge on any atom is 2.00 e. The summed E-state index contributed by atoms with van der Waals surface area (Å²) in [5.41, 5.74) is 0.646. The molecule has 6 aromatic rings. The van der Waals surface area contributed by atoms with E-state index in [-0.39, 0.29) is 101 Å². The molecule has 0 saturated carbocycles. The van der Waals surface area contributed by atoms with E-state index >= 15 is 0 Å². The van der Waals surface area contributed by atoms with Crippen LogP contribution in [-0.4, -0.2) is 109 Å². The van der Waals surface area contributed by atoms with Crippen molar-refractivity contribution in [2.45, 2.75) is 211 Å². The normalized spacial score (nSPS) is 11.2. The molecule has 0 amide bonds. The van der Waals surface area contributed by atoms with Gasteiger partial charge in [-0.05, 0) is 255 Å². The third-order valence-corrected chi connectivity index (χ3v) is 11.6. The fourth-order valence-electron chi connectivity index (χ4n) is 7.37. The Bertz CT molecular complexity index is 3010. The number of carbonyl (C=O) groups excluding carboxylic acids is 3. The number of aliphatic hydroxyl groups is 1. The van der Waals surface area contributed by atoms with Gasteiger partial charge < -0.3 is 58.3 Å². The second-order valence-electron chi connectivity index (χ2n) is 27.3. The zero-order chi connectivity index (χ0) is 69.3. The largest absolute Gasteiger partial charge is 2.00 e. The van der Waals surface area contributed by atoms with Crippen molar-refractivity contribution in [1.82, 2.24) is 0 Å². The predicted molar refractivity (Wildman–Crippen MR) is 383 cm³/mol. The Balaban J connectivity index is -0.000000371. The number of rotatable bonds is 14. The summed E-state index contributed by atoms with van der Waals surface area (Å²) in [7, 11) is 0. The number of hydrogen-bond donors (Lipinski definition) is 1. The molecule has 0 heterocycles. The van der Waals surface area contributed by atoms with Crippen molar-refractivity contribution in [3.8, 4) is 34.5 Å². The summed E-state index contributed by atoms with van der Waals surface area (Å²) in [6, 6.07) is 48.3. The number of halogens is 3. The van der Waals surface area contributed by atoms with E-state index in [1.807, 2.05) is 277 Å². The first-order valence-electron chi connectivity index (χ1n) is 29.9. The minimum Gasteiger partial charge on any atom is -1.00 e. The first-order valence-corrected chi connectivity index (χ1v) is 30.7. The fourth-order valence-corrected chi connectivity index (χ4v) is 7.49. The molecule has 0 aliphatic heterocycles. The Kier molecular flexibility index (Phi) is 40.3. The summed E-state index contributed by atoms with van der Waals surface area (Å²) in [6.45, 7) is 53.8. The van der Waals surface area contributed by atoms with Gasteiger partial charge in [0, 0.05) is 40.0 Å². The quantitative estimate of drug-likeness (QED) is 0.0364. The van der Waals surface area contributed by atoms with E-state index in [0.29, 0.717) is 17.8 Å². The molecule has 0 aromatic heterocycles. The second-order valence-corrected chi connectivity index (χ2v) is 28.1. The van der Waals surface area contributed by atoms with Crippen molar-refractivity contribution in [1.29, 1.82) is 0 Å². The predicted octanol–water partition coefficient (Wildman–Crippen LogP) is 16.3. The molecule has 0 aliphatic carbocycles. The molecule has 1 N–H and O–H groups in total. The van der Waals surface area contributed by atoms with Gasteiger partial charge in [-0.15, -0.1) is 12.1 Å². The van der Waals surface area contributed by atoms with Gasteiger partial charge in [0.1, 0.15) is 62.4 Å². The van der Waals surface area contributed by atoms with Crippen LogP contribution in [0.2, 0.25) is 5.02 Å². The Hall–Kier alpha value is -5.43. The summed E-state index contributed by atoms with van der Waals surface area (Å²) < 4.78 is 45.0. The van der Waals surface area contributed by atoms with Gasteiger partial charge >= 0.3 is 58.0 Å². The van der Waals surface area contributed by atoms with Crippen LogP contribution in [0.4, 0.5) is 0 Å². The van der Waals surface area contributed by atoms with Gasteiger partial charge in [-0.25, -0.2) is 4.79 Å². The third kappa shape index (κ3) is 41.2. The van der Waals surface area contributed by atoms with Crippen LogP contribution in [0.5, 0.6) is 34.5 Å². The van der Waals surface area contributed by atoms with Gasteiger partial charge in [-0.1, -0.05) is 73.3 Å². The summed E-state index contributed by atoms with van der Waals surface area (Å²) in [6.07, 6.45) is 0. The number of hydrogen-bond acceptors (Lipinski definition) is 12. The van der Waals surface area contributed by atoms with Crippen molar-refractivity contribution in [3.05, 3.63) is 203 Å². The molecule has 0 saturated heterocycles. The minimum absolute atomic E-state index is 0. The van der Waals surface area contributed by atoms with E-state index in [0.717, 1.165) is 61.8 Å². The van der Waals surface area contributed by atoms with E-state index in [2.05, 4.69) is 24.0 Å². The Morgan fingerprint density at radius 3 is 0.849 bits per heavy atom. The molecule has 0 aliphatic rings. The summed E-state index contributed by atoms with van der Waals surface area (Å²) in [4.78, 5) is 32.1. The van der Waals surface area contributed by atoms with Crippen LogP contribution in [0.3, 0.4) is 0 Å². The number of esters is 2. The summed E-state index contributed by atoms with van der Waals surface area (Å²) in [5, 5.41) is 11.3. The van der Waals surface area contributed by atoms with E-state index < -0.39 is 22.4 Å². The van der Waals surface area contributed by atoms with Crippen molar-refractivity contribution in [2.24, 2.45) is 0 Å². The monoisotopic (exact) mass is 1360 g/mol.